The van der Waals surface area contributed by atoms with Crippen LogP contribution in [-0.4, -0.2) is 8.42 Å². The molecule has 0 unspecified atom stereocenters. The summed E-state index contributed by atoms with van der Waals surface area (Å²) in [5.74, 6) is 0.542. The zero-order valence-electron chi connectivity index (χ0n) is 10.6. The summed E-state index contributed by atoms with van der Waals surface area (Å²) >= 11 is 0. The second-order valence-corrected chi connectivity index (χ2v) is 6.21. The average molecular weight is 284 g/mol. The summed E-state index contributed by atoms with van der Waals surface area (Å²) in [7, 11) is -3.56. The lowest BCUT2D eigenvalue weighted by Gasteiger charge is -2.08. The van der Waals surface area contributed by atoms with E-state index in [0.717, 1.165) is 0 Å². The van der Waals surface area contributed by atoms with Crippen molar-refractivity contribution in [1.29, 1.82) is 0 Å². The quantitative estimate of drug-likeness (QED) is 0.735. The summed E-state index contributed by atoms with van der Waals surface area (Å²) in [5.41, 5.74) is 0.571. The Morgan fingerprint density at radius 3 is 2.15 bits per heavy atom. The van der Waals surface area contributed by atoms with Gasteiger partial charge < -0.3 is 4.42 Å². The fraction of sp³-hybridized carbons (Fsp3) is 0. The van der Waals surface area contributed by atoms with Crippen LogP contribution in [0.4, 0.5) is 0 Å². The van der Waals surface area contributed by atoms with Crippen molar-refractivity contribution in [2.75, 3.05) is 0 Å². The third-order valence-electron chi connectivity index (χ3n) is 3.02. The van der Waals surface area contributed by atoms with Crippen LogP contribution in [0.5, 0.6) is 0 Å². The predicted molar refractivity (Wildman–Crippen MR) is 76.0 cm³/mol. The van der Waals surface area contributed by atoms with E-state index in [1.807, 2.05) is 0 Å². The predicted octanol–water partition coefficient (Wildman–Crippen LogP) is 3.78. The highest BCUT2D eigenvalue weighted by Gasteiger charge is 2.22. The smallest absolute Gasteiger partial charge is 0.207 e. The van der Waals surface area contributed by atoms with E-state index in [4.69, 9.17) is 4.42 Å². The van der Waals surface area contributed by atoms with Gasteiger partial charge in [-0.05, 0) is 36.4 Å². The minimum absolute atomic E-state index is 0.251. The molecule has 0 bridgehead atoms. The Morgan fingerprint density at radius 1 is 0.750 bits per heavy atom. The third-order valence-corrected chi connectivity index (χ3v) is 4.84. The molecule has 0 atom stereocenters. The van der Waals surface area contributed by atoms with Crippen LogP contribution in [-0.2, 0) is 9.84 Å². The number of sulfone groups is 1. The van der Waals surface area contributed by atoms with E-state index in [9.17, 15) is 8.42 Å². The normalized spacial score (nSPS) is 11.4. The van der Waals surface area contributed by atoms with Gasteiger partial charge in [0.1, 0.15) is 5.76 Å². The Labute approximate surface area is 117 Å². The molecule has 0 aliphatic carbocycles. The molecule has 0 fully saturated rings. The summed E-state index contributed by atoms with van der Waals surface area (Å²) in [5, 5.41) is 0. The third kappa shape index (κ3) is 2.14. The van der Waals surface area contributed by atoms with Gasteiger partial charge in [-0.15, -0.1) is 0 Å². The van der Waals surface area contributed by atoms with Gasteiger partial charge in [-0.3, -0.25) is 0 Å². The maximum absolute atomic E-state index is 12.7. The van der Waals surface area contributed by atoms with E-state index in [1.54, 1.807) is 66.7 Å². The summed E-state index contributed by atoms with van der Waals surface area (Å²) in [6, 6.07) is 18.7. The zero-order chi connectivity index (χ0) is 14.0. The Kier molecular flexibility index (Phi) is 3.16. The first-order valence-corrected chi connectivity index (χ1v) is 7.61. The Hall–Kier alpha value is -2.33. The van der Waals surface area contributed by atoms with Crippen molar-refractivity contribution in [3.63, 3.8) is 0 Å². The van der Waals surface area contributed by atoms with Crippen molar-refractivity contribution in [3.8, 4) is 11.3 Å². The van der Waals surface area contributed by atoms with E-state index in [1.165, 1.54) is 6.26 Å². The van der Waals surface area contributed by atoms with Crippen LogP contribution in [0, 0.1) is 0 Å². The van der Waals surface area contributed by atoms with Crippen molar-refractivity contribution in [2.45, 2.75) is 9.79 Å². The first-order chi connectivity index (χ1) is 9.69. The van der Waals surface area contributed by atoms with Crippen LogP contribution < -0.4 is 0 Å². The molecule has 1 aromatic heterocycles. The van der Waals surface area contributed by atoms with Gasteiger partial charge in [0.2, 0.25) is 9.84 Å². The molecular formula is C16H12O3S. The molecule has 1 heterocycles. The largest absolute Gasteiger partial charge is 0.464 e. The molecular weight excluding hydrogens is 272 g/mol. The van der Waals surface area contributed by atoms with Gasteiger partial charge in [0.25, 0.3) is 0 Å². The molecule has 0 aliphatic rings. The Morgan fingerprint density at radius 2 is 1.45 bits per heavy atom. The van der Waals surface area contributed by atoms with Gasteiger partial charge in [-0.1, -0.05) is 30.3 Å². The molecule has 20 heavy (non-hydrogen) atoms. The monoisotopic (exact) mass is 284 g/mol. The van der Waals surface area contributed by atoms with Crippen LogP contribution >= 0.6 is 0 Å². The molecule has 0 N–H and O–H groups in total. The summed E-state index contributed by atoms with van der Waals surface area (Å²) in [6.07, 6.45) is 1.53. The minimum atomic E-state index is -3.56. The Bertz CT molecular complexity index is 804. The lowest BCUT2D eigenvalue weighted by Crippen LogP contribution is -2.03. The van der Waals surface area contributed by atoms with E-state index < -0.39 is 9.84 Å². The molecule has 0 spiro atoms. The van der Waals surface area contributed by atoms with Crippen molar-refractivity contribution in [1.82, 2.24) is 0 Å². The number of hydrogen-bond donors (Lipinski definition) is 0. The van der Waals surface area contributed by atoms with Gasteiger partial charge in [0.15, 0.2) is 0 Å². The van der Waals surface area contributed by atoms with E-state index in [2.05, 4.69) is 0 Å². The lowest BCUT2D eigenvalue weighted by atomic mass is 10.2. The average Bonchev–Trinajstić information content (AvgIpc) is 3.02. The summed E-state index contributed by atoms with van der Waals surface area (Å²) < 4.78 is 30.7. The second kappa shape index (κ2) is 4.98. The van der Waals surface area contributed by atoms with Gasteiger partial charge in [-0.25, -0.2) is 8.42 Å². The van der Waals surface area contributed by atoms with Crippen LogP contribution in [0.15, 0.2) is 87.2 Å². The molecule has 0 aliphatic heterocycles. The fourth-order valence-electron chi connectivity index (χ4n) is 2.06. The zero-order valence-corrected chi connectivity index (χ0v) is 11.4. The fourth-order valence-corrected chi connectivity index (χ4v) is 3.55. The molecule has 100 valence electrons. The second-order valence-electron chi connectivity index (χ2n) is 4.29. The van der Waals surface area contributed by atoms with Crippen molar-refractivity contribution in [3.05, 3.63) is 73.0 Å². The molecule has 4 heteroatoms. The standard InChI is InChI=1S/C16H12O3S/c17-20(18,13-7-2-1-3-8-13)16-11-5-4-9-14(16)15-10-6-12-19-15/h1-12H. The first-order valence-electron chi connectivity index (χ1n) is 6.12. The number of hydrogen-bond acceptors (Lipinski definition) is 3. The lowest BCUT2D eigenvalue weighted by molar-refractivity contribution is 0.577. The van der Waals surface area contributed by atoms with Crippen LogP contribution in [0.1, 0.15) is 0 Å². The molecule has 3 rings (SSSR count). The van der Waals surface area contributed by atoms with Gasteiger partial charge in [0, 0.05) is 5.56 Å². The molecule has 0 saturated carbocycles. The van der Waals surface area contributed by atoms with Crippen LogP contribution in [0.3, 0.4) is 0 Å². The van der Waals surface area contributed by atoms with Crippen molar-refractivity contribution < 1.29 is 12.8 Å². The molecule has 2 aromatic carbocycles. The number of furan rings is 1. The highest BCUT2D eigenvalue weighted by atomic mass is 32.2. The molecule has 0 amide bonds. The van der Waals surface area contributed by atoms with Crippen LogP contribution in [0.2, 0.25) is 0 Å². The number of benzene rings is 2. The van der Waals surface area contributed by atoms with Crippen LogP contribution in [0.25, 0.3) is 11.3 Å². The van der Waals surface area contributed by atoms with Crippen molar-refractivity contribution >= 4 is 9.84 Å². The van der Waals surface area contributed by atoms with Crippen molar-refractivity contribution in [2.24, 2.45) is 0 Å². The molecule has 0 saturated heterocycles. The molecule has 3 nitrogen and oxygen atoms in total. The van der Waals surface area contributed by atoms with Gasteiger partial charge >= 0.3 is 0 Å². The van der Waals surface area contributed by atoms with E-state index in [0.29, 0.717) is 11.3 Å². The summed E-state index contributed by atoms with van der Waals surface area (Å²) in [4.78, 5) is 0.528. The maximum atomic E-state index is 12.7. The Balaban J connectivity index is 2.21. The van der Waals surface area contributed by atoms with E-state index in [-0.39, 0.29) is 9.79 Å². The minimum Gasteiger partial charge on any atom is -0.464 e. The SMILES string of the molecule is O=S(=O)(c1ccccc1)c1ccccc1-c1ccco1. The van der Waals surface area contributed by atoms with Gasteiger partial charge in [0.05, 0.1) is 16.1 Å². The summed E-state index contributed by atoms with van der Waals surface area (Å²) in [6.45, 7) is 0. The first kappa shape index (κ1) is 12.7. The topological polar surface area (TPSA) is 47.3 Å². The highest BCUT2D eigenvalue weighted by molar-refractivity contribution is 7.91. The number of rotatable bonds is 3. The highest BCUT2D eigenvalue weighted by Crippen LogP contribution is 2.31. The maximum Gasteiger partial charge on any atom is 0.207 e. The van der Waals surface area contributed by atoms with Gasteiger partial charge in [-0.2, -0.15) is 0 Å². The molecule has 0 radical (unpaired) electrons. The van der Waals surface area contributed by atoms with E-state index >= 15 is 0 Å². The molecule has 3 aromatic rings.